The van der Waals surface area contributed by atoms with Gasteiger partial charge in [-0.25, -0.2) is 0 Å². The van der Waals surface area contributed by atoms with Gasteiger partial charge < -0.3 is 10.4 Å². The predicted octanol–water partition coefficient (Wildman–Crippen LogP) is 1.94. The number of carbonyl (C=O) groups is 2. The molecular weight excluding hydrogens is 242 g/mol. The highest BCUT2D eigenvalue weighted by atomic mass is 16.4. The summed E-state index contributed by atoms with van der Waals surface area (Å²) < 4.78 is 0. The minimum absolute atomic E-state index is 0.0109. The largest absolute Gasteiger partial charge is 0.481 e. The molecular formula is C15H19NO3. The summed E-state index contributed by atoms with van der Waals surface area (Å²) in [5.41, 5.74) is 2.34. The van der Waals surface area contributed by atoms with E-state index >= 15 is 0 Å². The second-order valence-corrected chi connectivity index (χ2v) is 5.07. The van der Waals surface area contributed by atoms with E-state index in [1.54, 1.807) is 0 Å². The summed E-state index contributed by atoms with van der Waals surface area (Å²) in [6.45, 7) is 2.39. The molecule has 0 saturated heterocycles. The van der Waals surface area contributed by atoms with Crippen molar-refractivity contribution in [3.63, 3.8) is 0 Å². The molecule has 2 unspecified atom stereocenters. The van der Waals surface area contributed by atoms with Gasteiger partial charge in [0.15, 0.2) is 0 Å². The summed E-state index contributed by atoms with van der Waals surface area (Å²) in [7, 11) is 0. The number of carboxylic acids is 1. The monoisotopic (exact) mass is 261 g/mol. The lowest BCUT2D eigenvalue weighted by molar-refractivity contribution is -0.138. The van der Waals surface area contributed by atoms with Gasteiger partial charge in [0.1, 0.15) is 0 Å². The van der Waals surface area contributed by atoms with Gasteiger partial charge in [0.2, 0.25) is 5.91 Å². The third-order valence-corrected chi connectivity index (χ3v) is 3.78. The number of amides is 1. The number of rotatable bonds is 6. The van der Waals surface area contributed by atoms with Crippen LogP contribution in [0, 0.1) is 5.92 Å². The van der Waals surface area contributed by atoms with Crippen molar-refractivity contribution in [2.24, 2.45) is 5.92 Å². The molecule has 102 valence electrons. The van der Waals surface area contributed by atoms with Crippen molar-refractivity contribution < 1.29 is 14.7 Å². The molecule has 0 bridgehead atoms. The standard InChI is InChI=1S/C15H19NO3/c1-2-10(7-14(17)18)9-16-15(19)13-8-11-5-3-4-6-12(11)13/h3-6,10,13H,2,7-9H2,1H3,(H,16,19)(H,17,18). The van der Waals surface area contributed by atoms with Crippen LogP contribution in [0.25, 0.3) is 0 Å². The first kappa shape index (κ1) is 13.6. The molecule has 0 saturated carbocycles. The zero-order valence-electron chi connectivity index (χ0n) is 11.1. The second-order valence-electron chi connectivity index (χ2n) is 5.07. The minimum atomic E-state index is -0.810. The molecule has 1 aromatic rings. The molecule has 4 heteroatoms. The van der Waals surface area contributed by atoms with Crippen molar-refractivity contribution in [3.8, 4) is 0 Å². The van der Waals surface area contributed by atoms with Crippen molar-refractivity contribution in [2.45, 2.75) is 32.1 Å². The Morgan fingerprint density at radius 3 is 2.79 bits per heavy atom. The average molecular weight is 261 g/mol. The first-order chi connectivity index (χ1) is 9.11. The maximum absolute atomic E-state index is 12.0. The second kappa shape index (κ2) is 5.87. The van der Waals surface area contributed by atoms with E-state index < -0.39 is 5.97 Å². The zero-order valence-corrected chi connectivity index (χ0v) is 11.1. The Hall–Kier alpha value is -1.84. The molecule has 1 aliphatic carbocycles. The van der Waals surface area contributed by atoms with Crippen molar-refractivity contribution >= 4 is 11.9 Å². The number of fused-ring (bicyclic) bond motifs is 1. The lowest BCUT2D eigenvalue weighted by atomic mass is 9.77. The summed E-state index contributed by atoms with van der Waals surface area (Å²) in [4.78, 5) is 22.7. The molecule has 0 spiro atoms. The van der Waals surface area contributed by atoms with Gasteiger partial charge in [0, 0.05) is 13.0 Å². The van der Waals surface area contributed by atoms with Gasteiger partial charge >= 0.3 is 5.97 Å². The lowest BCUT2D eigenvalue weighted by Gasteiger charge is -2.29. The Bertz CT molecular complexity index is 484. The van der Waals surface area contributed by atoms with E-state index in [1.807, 2.05) is 31.2 Å². The topological polar surface area (TPSA) is 66.4 Å². The van der Waals surface area contributed by atoms with Crippen LogP contribution in [-0.4, -0.2) is 23.5 Å². The third-order valence-electron chi connectivity index (χ3n) is 3.78. The Balaban J connectivity index is 1.84. The molecule has 1 aromatic carbocycles. The molecule has 0 radical (unpaired) electrons. The van der Waals surface area contributed by atoms with E-state index in [1.165, 1.54) is 5.56 Å². The molecule has 2 N–H and O–H groups in total. The first-order valence-electron chi connectivity index (χ1n) is 6.69. The van der Waals surface area contributed by atoms with Gasteiger partial charge in [-0.2, -0.15) is 0 Å². The van der Waals surface area contributed by atoms with Crippen LogP contribution in [0.1, 0.15) is 36.8 Å². The maximum atomic E-state index is 12.0. The highest BCUT2D eigenvalue weighted by molar-refractivity contribution is 5.86. The lowest BCUT2D eigenvalue weighted by Crippen LogP contribution is -2.38. The number of hydrogen-bond acceptors (Lipinski definition) is 2. The summed E-state index contributed by atoms with van der Waals surface area (Å²) in [6, 6.07) is 7.94. The Morgan fingerprint density at radius 1 is 1.42 bits per heavy atom. The van der Waals surface area contributed by atoms with Crippen molar-refractivity contribution in [3.05, 3.63) is 35.4 Å². The summed E-state index contributed by atoms with van der Waals surface area (Å²) >= 11 is 0. The molecule has 2 atom stereocenters. The Morgan fingerprint density at radius 2 is 2.16 bits per heavy atom. The van der Waals surface area contributed by atoms with Crippen LogP contribution >= 0.6 is 0 Å². The van der Waals surface area contributed by atoms with Crippen LogP contribution in [0.3, 0.4) is 0 Å². The smallest absolute Gasteiger partial charge is 0.303 e. The van der Waals surface area contributed by atoms with Gasteiger partial charge in [-0.3, -0.25) is 9.59 Å². The van der Waals surface area contributed by atoms with Crippen molar-refractivity contribution in [2.75, 3.05) is 6.54 Å². The highest BCUT2D eigenvalue weighted by Crippen LogP contribution is 2.34. The van der Waals surface area contributed by atoms with Gasteiger partial charge in [-0.1, -0.05) is 37.6 Å². The van der Waals surface area contributed by atoms with Crippen LogP contribution in [0.4, 0.5) is 0 Å². The van der Waals surface area contributed by atoms with Gasteiger partial charge in [0.05, 0.1) is 5.92 Å². The van der Waals surface area contributed by atoms with E-state index in [-0.39, 0.29) is 24.2 Å². The fourth-order valence-electron chi connectivity index (χ4n) is 2.47. The van der Waals surface area contributed by atoms with E-state index in [2.05, 4.69) is 5.32 Å². The molecule has 0 aliphatic heterocycles. The predicted molar refractivity (Wildman–Crippen MR) is 71.9 cm³/mol. The number of aliphatic carboxylic acids is 1. The summed E-state index contributed by atoms with van der Waals surface area (Å²) in [6.07, 6.45) is 1.66. The molecule has 1 amide bonds. The van der Waals surface area contributed by atoms with E-state index in [0.29, 0.717) is 6.54 Å². The quantitative estimate of drug-likeness (QED) is 0.822. The van der Waals surface area contributed by atoms with Crippen LogP contribution in [-0.2, 0) is 16.0 Å². The Kier molecular flexibility index (Phi) is 4.20. The fourth-order valence-corrected chi connectivity index (χ4v) is 2.47. The van der Waals surface area contributed by atoms with E-state index in [4.69, 9.17) is 5.11 Å². The maximum Gasteiger partial charge on any atom is 0.303 e. The minimum Gasteiger partial charge on any atom is -0.481 e. The first-order valence-corrected chi connectivity index (χ1v) is 6.69. The third kappa shape index (κ3) is 3.13. The van der Waals surface area contributed by atoms with Crippen LogP contribution in [0.15, 0.2) is 24.3 Å². The SMILES string of the molecule is CCC(CNC(=O)C1Cc2ccccc21)CC(=O)O. The number of nitrogens with one attached hydrogen (secondary N) is 1. The molecule has 2 rings (SSSR count). The summed E-state index contributed by atoms with van der Waals surface area (Å²) in [5, 5.41) is 11.6. The fraction of sp³-hybridized carbons (Fsp3) is 0.467. The zero-order chi connectivity index (χ0) is 13.8. The van der Waals surface area contributed by atoms with Crippen LogP contribution in [0.5, 0.6) is 0 Å². The van der Waals surface area contributed by atoms with Crippen LogP contribution < -0.4 is 5.32 Å². The van der Waals surface area contributed by atoms with Gasteiger partial charge in [-0.15, -0.1) is 0 Å². The van der Waals surface area contributed by atoms with Crippen LogP contribution in [0.2, 0.25) is 0 Å². The number of carboxylic acid groups (broad SMARTS) is 1. The average Bonchev–Trinajstić information content (AvgIpc) is 2.35. The number of benzene rings is 1. The Labute approximate surface area is 112 Å². The van der Waals surface area contributed by atoms with Crippen molar-refractivity contribution in [1.29, 1.82) is 0 Å². The molecule has 0 heterocycles. The molecule has 0 aromatic heterocycles. The molecule has 4 nitrogen and oxygen atoms in total. The van der Waals surface area contributed by atoms with E-state index in [9.17, 15) is 9.59 Å². The summed E-state index contributed by atoms with van der Waals surface area (Å²) in [5.74, 6) is -0.840. The highest BCUT2D eigenvalue weighted by Gasteiger charge is 2.31. The number of hydrogen-bond donors (Lipinski definition) is 2. The normalized spacial score (nSPS) is 18.1. The van der Waals surface area contributed by atoms with Gasteiger partial charge in [-0.05, 0) is 23.5 Å². The van der Waals surface area contributed by atoms with Gasteiger partial charge in [0.25, 0.3) is 0 Å². The molecule has 0 fully saturated rings. The van der Waals surface area contributed by atoms with E-state index in [0.717, 1.165) is 18.4 Å². The molecule has 19 heavy (non-hydrogen) atoms. The molecule has 1 aliphatic rings. The van der Waals surface area contributed by atoms with Crippen molar-refractivity contribution in [1.82, 2.24) is 5.32 Å². The number of carbonyl (C=O) groups excluding carboxylic acids is 1.